The van der Waals surface area contributed by atoms with Crippen molar-refractivity contribution in [1.29, 1.82) is 0 Å². The van der Waals surface area contributed by atoms with Gasteiger partial charge in [-0.2, -0.15) is 0 Å². The molecule has 0 fully saturated rings. The van der Waals surface area contributed by atoms with Crippen molar-refractivity contribution in [3.63, 3.8) is 0 Å². The molecule has 138 valence electrons. The van der Waals surface area contributed by atoms with Crippen molar-refractivity contribution in [2.75, 3.05) is 6.54 Å². The molecule has 6 heteroatoms. The van der Waals surface area contributed by atoms with E-state index in [9.17, 15) is 9.59 Å². The van der Waals surface area contributed by atoms with Crippen LogP contribution in [0.15, 0.2) is 41.8 Å². The van der Waals surface area contributed by atoms with E-state index in [-0.39, 0.29) is 30.3 Å². The summed E-state index contributed by atoms with van der Waals surface area (Å²) in [7, 11) is 0. The molecule has 0 saturated heterocycles. The normalized spacial score (nSPS) is 18.3. The molecule has 1 aromatic heterocycles. The van der Waals surface area contributed by atoms with E-state index in [4.69, 9.17) is 5.73 Å². The molecule has 5 nitrogen and oxygen atoms in total. The van der Waals surface area contributed by atoms with Crippen LogP contribution in [0.5, 0.6) is 0 Å². The van der Waals surface area contributed by atoms with Gasteiger partial charge in [-0.05, 0) is 34.9 Å². The summed E-state index contributed by atoms with van der Waals surface area (Å²) in [6, 6.07) is 11.6. The molecular formula is C20H25N3O2S. The first-order valence-corrected chi connectivity index (χ1v) is 9.76. The maximum atomic E-state index is 12.7. The number of benzene rings is 1. The fourth-order valence-corrected chi connectivity index (χ4v) is 4.41. The molecule has 0 unspecified atom stereocenters. The van der Waals surface area contributed by atoms with Gasteiger partial charge in [-0.15, -0.1) is 11.3 Å². The lowest BCUT2D eigenvalue weighted by Gasteiger charge is -2.35. The number of amides is 2. The van der Waals surface area contributed by atoms with Crippen molar-refractivity contribution in [1.82, 2.24) is 10.2 Å². The van der Waals surface area contributed by atoms with Crippen LogP contribution in [0.3, 0.4) is 0 Å². The predicted molar refractivity (Wildman–Crippen MR) is 104 cm³/mol. The van der Waals surface area contributed by atoms with E-state index in [1.54, 1.807) is 11.3 Å². The van der Waals surface area contributed by atoms with Gasteiger partial charge in [-0.1, -0.05) is 44.2 Å². The summed E-state index contributed by atoms with van der Waals surface area (Å²) in [6.45, 7) is 4.90. The Morgan fingerprint density at radius 1 is 1.23 bits per heavy atom. The Labute approximate surface area is 158 Å². The SMILES string of the molecule is CC(C)[C@@H](NC(=O)CN1Cc2ccccc2C[C@@H]1C(N)=O)c1cccs1. The smallest absolute Gasteiger partial charge is 0.235 e. The van der Waals surface area contributed by atoms with Crippen molar-refractivity contribution in [2.45, 2.75) is 38.9 Å². The number of fused-ring (bicyclic) bond motifs is 1. The van der Waals surface area contributed by atoms with Crippen LogP contribution in [0.2, 0.25) is 0 Å². The van der Waals surface area contributed by atoms with E-state index in [0.29, 0.717) is 13.0 Å². The summed E-state index contributed by atoms with van der Waals surface area (Å²) in [5.41, 5.74) is 7.89. The molecule has 1 aliphatic heterocycles. The zero-order chi connectivity index (χ0) is 18.7. The molecule has 2 heterocycles. The molecule has 3 rings (SSSR count). The minimum absolute atomic E-state index is 0.0217. The van der Waals surface area contributed by atoms with Crippen molar-refractivity contribution in [3.8, 4) is 0 Å². The topological polar surface area (TPSA) is 75.4 Å². The second-order valence-corrected chi connectivity index (χ2v) is 8.08. The average molecular weight is 372 g/mol. The van der Waals surface area contributed by atoms with Gasteiger partial charge in [0, 0.05) is 11.4 Å². The number of primary amides is 1. The number of carbonyl (C=O) groups is 2. The molecule has 2 aromatic rings. The average Bonchev–Trinajstić information content (AvgIpc) is 3.12. The van der Waals surface area contributed by atoms with E-state index in [1.165, 1.54) is 0 Å². The molecule has 1 aliphatic rings. The lowest BCUT2D eigenvalue weighted by molar-refractivity contribution is -0.128. The van der Waals surface area contributed by atoms with Gasteiger partial charge < -0.3 is 11.1 Å². The lowest BCUT2D eigenvalue weighted by Crippen LogP contribution is -2.52. The van der Waals surface area contributed by atoms with Gasteiger partial charge in [0.1, 0.15) is 0 Å². The van der Waals surface area contributed by atoms with Crippen molar-refractivity contribution < 1.29 is 9.59 Å². The van der Waals surface area contributed by atoms with Gasteiger partial charge in [0.2, 0.25) is 11.8 Å². The van der Waals surface area contributed by atoms with E-state index in [0.717, 1.165) is 16.0 Å². The van der Waals surface area contributed by atoms with Crippen molar-refractivity contribution in [2.24, 2.45) is 11.7 Å². The first-order chi connectivity index (χ1) is 12.5. The van der Waals surface area contributed by atoms with Crippen molar-refractivity contribution >= 4 is 23.2 Å². The third-order valence-corrected chi connectivity index (χ3v) is 5.81. The predicted octanol–water partition coefficient (Wildman–Crippen LogP) is 2.47. The summed E-state index contributed by atoms with van der Waals surface area (Å²) in [5.74, 6) is -0.180. The van der Waals surface area contributed by atoms with Gasteiger partial charge in [-0.25, -0.2) is 0 Å². The highest BCUT2D eigenvalue weighted by Crippen LogP contribution is 2.26. The molecule has 2 amide bonds. The summed E-state index contributed by atoms with van der Waals surface area (Å²) >= 11 is 1.64. The molecule has 0 bridgehead atoms. The number of rotatable bonds is 6. The minimum atomic E-state index is -0.449. The summed E-state index contributed by atoms with van der Waals surface area (Å²) in [6.07, 6.45) is 0.553. The third-order valence-electron chi connectivity index (χ3n) is 4.85. The first-order valence-electron chi connectivity index (χ1n) is 8.88. The van der Waals surface area contributed by atoms with Gasteiger partial charge in [-0.3, -0.25) is 14.5 Å². The van der Waals surface area contributed by atoms with Gasteiger partial charge >= 0.3 is 0 Å². The van der Waals surface area contributed by atoms with E-state index < -0.39 is 6.04 Å². The molecule has 0 radical (unpaired) electrons. The molecule has 26 heavy (non-hydrogen) atoms. The molecule has 0 spiro atoms. The monoisotopic (exact) mass is 371 g/mol. The third kappa shape index (κ3) is 4.14. The van der Waals surface area contributed by atoms with E-state index in [1.807, 2.05) is 46.7 Å². The zero-order valence-electron chi connectivity index (χ0n) is 15.1. The Kier molecular flexibility index (Phi) is 5.74. The number of nitrogens with zero attached hydrogens (tertiary/aromatic N) is 1. The van der Waals surface area contributed by atoms with Crippen LogP contribution in [0.4, 0.5) is 0 Å². The summed E-state index contributed by atoms with van der Waals surface area (Å²) in [5, 5.41) is 5.14. The fraction of sp³-hybridized carbons (Fsp3) is 0.400. The van der Waals surface area contributed by atoms with Gasteiger partial charge in [0.15, 0.2) is 0 Å². The lowest BCUT2D eigenvalue weighted by atomic mass is 9.93. The maximum Gasteiger partial charge on any atom is 0.235 e. The zero-order valence-corrected chi connectivity index (χ0v) is 16.0. The van der Waals surface area contributed by atoms with Crippen LogP contribution >= 0.6 is 11.3 Å². The number of nitrogens with two attached hydrogens (primary N) is 1. The first kappa shape index (κ1) is 18.6. The standard InChI is InChI=1S/C20H25N3O2S/c1-13(2)19(17-8-5-9-26-17)22-18(24)12-23-11-15-7-4-3-6-14(15)10-16(23)20(21)25/h3-9,13,16,19H,10-12H2,1-2H3,(H2,21,25)(H,22,24)/t16-,19-/m1/s1. The van der Waals surface area contributed by atoms with Crippen LogP contribution in [0.1, 0.15) is 35.9 Å². The minimum Gasteiger partial charge on any atom is -0.368 e. The Hall–Kier alpha value is -2.18. The van der Waals surface area contributed by atoms with Crippen LogP contribution in [-0.4, -0.2) is 29.3 Å². The maximum absolute atomic E-state index is 12.7. The largest absolute Gasteiger partial charge is 0.368 e. The molecule has 1 aromatic carbocycles. The number of hydrogen-bond donors (Lipinski definition) is 2. The van der Waals surface area contributed by atoms with E-state index in [2.05, 4.69) is 19.2 Å². The van der Waals surface area contributed by atoms with Crippen LogP contribution in [-0.2, 0) is 22.6 Å². The van der Waals surface area contributed by atoms with E-state index >= 15 is 0 Å². The summed E-state index contributed by atoms with van der Waals surface area (Å²) < 4.78 is 0. The number of hydrogen-bond acceptors (Lipinski definition) is 4. The molecule has 3 N–H and O–H groups in total. The quantitative estimate of drug-likeness (QED) is 0.819. The Bertz CT molecular complexity index is 773. The highest BCUT2D eigenvalue weighted by atomic mass is 32.1. The molecule has 2 atom stereocenters. The number of carbonyl (C=O) groups excluding carboxylic acids is 2. The van der Waals surface area contributed by atoms with Gasteiger partial charge in [0.05, 0.1) is 18.6 Å². The Balaban J connectivity index is 1.72. The van der Waals surface area contributed by atoms with Gasteiger partial charge in [0.25, 0.3) is 0 Å². The number of thiophene rings is 1. The highest BCUT2D eigenvalue weighted by molar-refractivity contribution is 7.10. The second kappa shape index (κ2) is 8.01. The number of nitrogens with one attached hydrogen (secondary N) is 1. The summed E-state index contributed by atoms with van der Waals surface area (Å²) in [4.78, 5) is 27.6. The Morgan fingerprint density at radius 2 is 1.96 bits per heavy atom. The van der Waals surface area contributed by atoms with Crippen LogP contribution in [0, 0.1) is 5.92 Å². The van der Waals surface area contributed by atoms with Crippen molar-refractivity contribution in [3.05, 3.63) is 57.8 Å². The molecule has 0 saturated carbocycles. The Morgan fingerprint density at radius 3 is 2.58 bits per heavy atom. The highest BCUT2D eigenvalue weighted by Gasteiger charge is 2.31. The molecular weight excluding hydrogens is 346 g/mol. The molecule has 0 aliphatic carbocycles. The fourth-order valence-electron chi connectivity index (χ4n) is 3.46. The second-order valence-electron chi connectivity index (χ2n) is 7.10. The van der Waals surface area contributed by atoms with Crippen LogP contribution in [0.25, 0.3) is 0 Å². The van der Waals surface area contributed by atoms with Crippen LogP contribution < -0.4 is 11.1 Å².